The summed E-state index contributed by atoms with van der Waals surface area (Å²) in [5.74, 6) is 0.930. The molecule has 1 atom stereocenters. The minimum Gasteiger partial charge on any atom is -0.492 e. The van der Waals surface area contributed by atoms with Gasteiger partial charge in [-0.15, -0.1) is 0 Å². The summed E-state index contributed by atoms with van der Waals surface area (Å²) in [6, 6.07) is 8.08. The zero-order valence-corrected chi connectivity index (χ0v) is 9.72. The van der Waals surface area contributed by atoms with Crippen LogP contribution in [0.25, 0.3) is 0 Å². The molecule has 0 radical (unpaired) electrons. The number of aliphatic hydroxyl groups excluding tert-OH is 1. The lowest BCUT2D eigenvalue weighted by molar-refractivity contribution is 0.167. The number of ether oxygens (including phenoxy) is 1. The molecule has 0 bridgehead atoms. The summed E-state index contributed by atoms with van der Waals surface area (Å²) in [6.45, 7) is 5.42. The van der Waals surface area contributed by atoms with Crippen molar-refractivity contribution in [1.82, 2.24) is 4.90 Å². The van der Waals surface area contributed by atoms with Crippen LogP contribution in [-0.4, -0.2) is 42.4 Å². The number of aryl methyl sites for hydroxylation is 1. The molecular formula is C13H19NO2. The van der Waals surface area contributed by atoms with Crippen molar-refractivity contribution in [1.29, 1.82) is 0 Å². The molecule has 1 aliphatic heterocycles. The second-order valence-electron chi connectivity index (χ2n) is 4.41. The Labute approximate surface area is 96.6 Å². The summed E-state index contributed by atoms with van der Waals surface area (Å²) in [6.07, 6.45) is 0.753. The van der Waals surface area contributed by atoms with Crippen LogP contribution in [0.2, 0.25) is 0 Å². The molecule has 1 aromatic rings. The number of rotatable bonds is 4. The van der Waals surface area contributed by atoms with Crippen LogP contribution in [0.4, 0.5) is 0 Å². The van der Waals surface area contributed by atoms with E-state index >= 15 is 0 Å². The molecule has 0 aliphatic carbocycles. The van der Waals surface area contributed by atoms with Crippen molar-refractivity contribution in [2.75, 3.05) is 26.2 Å². The summed E-state index contributed by atoms with van der Waals surface area (Å²) in [7, 11) is 0. The minimum atomic E-state index is -0.140. The van der Waals surface area contributed by atoms with Gasteiger partial charge in [0.25, 0.3) is 0 Å². The first-order valence-corrected chi connectivity index (χ1v) is 5.84. The van der Waals surface area contributed by atoms with E-state index in [0.717, 1.165) is 31.8 Å². The third kappa shape index (κ3) is 3.22. The Morgan fingerprint density at radius 1 is 1.50 bits per heavy atom. The number of nitrogens with zero attached hydrogens (tertiary/aromatic N) is 1. The third-order valence-electron chi connectivity index (χ3n) is 2.91. The van der Waals surface area contributed by atoms with Gasteiger partial charge in [0.15, 0.2) is 0 Å². The topological polar surface area (TPSA) is 32.7 Å². The van der Waals surface area contributed by atoms with Crippen molar-refractivity contribution in [2.24, 2.45) is 0 Å². The standard InChI is InChI=1S/C13H19NO2/c1-11-3-2-4-13(9-11)16-8-7-14-6-5-12(15)10-14/h2-4,9,12,15H,5-8,10H2,1H3. The van der Waals surface area contributed by atoms with Gasteiger partial charge in [-0.3, -0.25) is 4.90 Å². The first-order valence-electron chi connectivity index (χ1n) is 5.84. The fourth-order valence-corrected chi connectivity index (χ4v) is 2.01. The van der Waals surface area contributed by atoms with Crippen LogP contribution in [0.15, 0.2) is 24.3 Å². The second kappa shape index (κ2) is 5.32. The van der Waals surface area contributed by atoms with Gasteiger partial charge < -0.3 is 9.84 Å². The molecule has 2 rings (SSSR count). The summed E-state index contributed by atoms with van der Waals surface area (Å²) < 4.78 is 5.66. The van der Waals surface area contributed by atoms with Crippen molar-refractivity contribution in [2.45, 2.75) is 19.4 Å². The highest BCUT2D eigenvalue weighted by Gasteiger charge is 2.19. The molecule has 1 fully saturated rings. The van der Waals surface area contributed by atoms with E-state index in [9.17, 15) is 5.11 Å². The molecule has 0 aromatic heterocycles. The van der Waals surface area contributed by atoms with Crippen molar-refractivity contribution in [3.05, 3.63) is 29.8 Å². The van der Waals surface area contributed by atoms with Gasteiger partial charge in [0.1, 0.15) is 12.4 Å². The molecular weight excluding hydrogens is 202 g/mol. The fraction of sp³-hybridized carbons (Fsp3) is 0.538. The Morgan fingerprint density at radius 3 is 3.06 bits per heavy atom. The van der Waals surface area contributed by atoms with Gasteiger partial charge in [-0.2, -0.15) is 0 Å². The predicted octanol–water partition coefficient (Wildman–Crippen LogP) is 1.44. The van der Waals surface area contributed by atoms with E-state index in [1.165, 1.54) is 5.56 Å². The highest BCUT2D eigenvalue weighted by molar-refractivity contribution is 5.27. The van der Waals surface area contributed by atoms with Crippen molar-refractivity contribution < 1.29 is 9.84 Å². The van der Waals surface area contributed by atoms with Crippen LogP contribution in [0, 0.1) is 6.92 Å². The van der Waals surface area contributed by atoms with Crippen molar-refractivity contribution in [3.63, 3.8) is 0 Å². The van der Waals surface area contributed by atoms with Crippen LogP contribution < -0.4 is 4.74 Å². The maximum Gasteiger partial charge on any atom is 0.119 e. The van der Waals surface area contributed by atoms with Gasteiger partial charge in [0.2, 0.25) is 0 Å². The zero-order valence-electron chi connectivity index (χ0n) is 9.72. The molecule has 1 heterocycles. The lowest BCUT2D eigenvalue weighted by Gasteiger charge is -2.15. The van der Waals surface area contributed by atoms with E-state index < -0.39 is 0 Å². The Kier molecular flexibility index (Phi) is 3.80. The number of likely N-dealkylation sites (tertiary alicyclic amines) is 1. The van der Waals surface area contributed by atoms with Crippen LogP contribution in [0.5, 0.6) is 5.75 Å². The average Bonchev–Trinajstić information content (AvgIpc) is 2.64. The maximum absolute atomic E-state index is 9.37. The van der Waals surface area contributed by atoms with Gasteiger partial charge in [-0.05, 0) is 31.0 Å². The maximum atomic E-state index is 9.37. The van der Waals surface area contributed by atoms with Crippen LogP contribution in [0.1, 0.15) is 12.0 Å². The highest BCUT2D eigenvalue weighted by Crippen LogP contribution is 2.13. The monoisotopic (exact) mass is 221 g/mol. The summed E-state index contributed by atoms with van der Waals surface area (Å²) in [5, 5.41) is 9.37. The summed E-state index contributed by atoms with van der Waals surface area (Å²) in [5.41, 5.74) is 1.22. The number of β-amino-alcohol motifs (C(OH)–C–C–N with tert-alkyl or cyclic N) is 1. The molecule has 0 amide bonds. The summed E-state index contributed by atoms with van der Waals surface area (Å²) in [4.78, 5) is 2.24. The van der Waals surface area contributed by atoms with E-state index in [1.54, 1.807) is 0 Å². The Morgan fingerprint density at radius 2 is 2.38 bits per heavy atom. The third-order valence-corrected chi connectivity index (χ3v) is 2.91. The van der Waals surface area contributed by atoms with Gasteiger partial charge in [-0.1, -0.05) is 12.1 Å². The molecule has 1 saturated heterocycles. The Balaban J connectivity index is 1.72. The van der Waals surface area contributed by atoms with E-state index in [1.807, 2.05) is 18.2 Å². The van der Waals surface area contributed by atoms with Crippen LogP contribution >= 0.6 is 0 Å². The largest absolute Gasteiger partial charge is 0.492 e. The molecule has 3 heteroatoms. The predicted molar refractivity (Wildman–Crippen MR) is 63.7 cm³/mol. The second-order valence-corrected chi connectivity index (χ2v) is 4.41. The fourth-order valence-electron chi connectivity index (χ4n) is 2.01. The molecule has 3 nitrogen and oxygen atoms in total. The number of aliphatic hydroxyl groups is 1. The van der Waals surface area contributed by atoms with Crippen molar-refractivity contribution in [3.8, 4) is 5.75 Å². The smallest absolute Gasteiger partial charge is 0.119 e. The number of hydrogen-bond acceptors (Lipinski definition) is 3. The van der Waals surface area contributed by atoms with E-state index in [4.69, 9.17) is 4.74 Å². The number of hydrogen-bond donors (Lipinski definition) is 1. The number of benzene rings is 1. The van der Waals surface area contributed by atoms with Crippen molar-refractivity contribution >= 4 is 0 Å². The normalized spacial score (nSPS) is 21.2. The molecule has 1 aliphatic rings. The quantitative estimate of drug-likeness (QED) is 0.835. The van der Waals surface area contributed by atoms with Gasteiger partial charge >= 0.3 is 0 Å². The lowest BCUT2D eigenvalue weighted by atomic mass is 10.2. The first kappa shape index (κ1) is 11.4. The van der Waals surface area contributed by atoms with Crippen LogP contribution in [-0.2, 0) is 0 Å². The highest BCUT2D eigenvalue weighted by atomic mass is 16.5. The molecule has 16 heavy (non-hydrogen) atoms. The first-order chi connectivity index (χ1) is 7.74. The molecule has 1 unspecified atom stereocenters. The van der Waals surface area contributed by atoms with Gasteiger partial charge in [0, 0.05) is 19.6 Å². The Hall–Kier alpha value is -1.06. The molecule has 0 saturated carbocycles. The SMILES string of the molecule is Cc1cccc(OCCN2CCC(O)C2)c1. The van der Waals surface area contributed by atoms with E-state index in [-0.39, 0.29) is 6.10 Å². The molecule has 88 valence electrons. The van der Waals surface area contributed by atoms with E-state index in [2.05, 4.69) is 17.9 Å². The summed E-state index contributed by atoms with van der Waals surface area (Å²) >= 11 is 0. The van der Waals surface area contributed by atoms with Crippen LogP contribution in [0.3, 0.4) is 0 Å². The van der Waals surface area contributed by atoms with Gasteiger partial charge in [-0.25, -0.2) is 0 Å². The van der Waals surface area contributed by atoms with Gasteiger partial charge in [0.05, 0.1) is 6.10 Å². The lowest BCUT2D eigenvalue weighted by Crippen LogP contribution is -2.27. The average molecular weight is 221 g/mol. The Bertz CT molecular complexity index is 340. The zero-order chi connectivity index (χ0) is 11.4. The van der Waals surface area contributed by atoms with E-state index in [0.29, 0.717) is 6.61 Å². The molecule has 1 aromatic carbocycles. The minimum absolute atomic E-state index is 0.140. The molecule has 1 N–H and O–H groups in total. The molecule has 0 spiro atoms.